The second-order valence-corrected chi connectivity index (χ2v) is 15.0. The number of carbonyl (C=O) groups excluding carboxylic acids is 1. The summed E-state index contributed by atoms with van der Waals surface area (Å²) in [6, 6.07) is 31.7. The lowest BCUT2D eigenvalue weighted by molar-refractivity contribution is -0.168. The molecule has 1 aliphatic rings. The van der Waals surface area contributed by atoms with E-state index in [-0.39, 0.29) is 16.5 Å². The number of rotatable bonds is 6. The average Bonchev–Trinajstić information content (AvgIpc) is 3.28. The minimum Gasteiger partial charge on any atom is -0.464 e. The van der Waals surface area contributed by atoms with Gasteiger partial charge in [-0.1, -0.05) is 122 Å². The van der Waals surface area contributed by atoms with Gasteiger partial charge in [0.1, 0.15) is 8.07 Å². The van der Waals surface area contributed by atoms with Crippen LogP contribution in [-0.2, 0) is 19.9 Å². The van der Waals surface area contributed by atoms with Gasteiger partial charge in [0.25, 0.3) is 0 Å². The predicted octanol–water partition coefficient (Wildman–Crippen LogP) is 5.30. The molecule has 0 bridgehead atoms. The van der Waals surface area contributed by atoms with Crippen molar-refractivity contribution in [3.8, 4) is 0 Å². The van der Waals surface area contributed by atoms with Gasteiger partial charge >= 0.3 is 5.97 Å². The Bertz CT molecular complexity index is 1020. The van der Waals surface area contributed by atoms with Gasteiger partial charge in [-0.3, -0.25) is 0 Å². The molecule has 1 heterocycles. The Morgan fingerprint density at radius 3 is 1.85 bits per heavy atom. The monoisotopic (exact) mass is 458 g/mol. The lowest BCUT2D eigenvalue weighted by Crippen LogP contribution is -2.67. The standard InChI is InChI=1S/C29H34O3Si/c1-5-31-27(30)29(23-15-9-6-10-16-23)21-26(22-32-29)33(28(2,3)4,24-17-11-7-12-18-24)25-19-13-8-14-20-25/h6-20,26H,5,21-22H2,1-4H3/t26-,29+/m1/s1. The molecule has 0 spiro atoms. The van der Waals surface area contributed by atoms with Crippen LogP contribution >= 0.6 is 0 Å². The first-order chi connectivity index (χ1) is 15.9. The van der Waals surface area contributed by atoms with Gasteiger partial charge in [-0.05, 0) is 29.5 Å². The second-order valence-electron chi connectivity index (χ2n) is 9.92. The molecule has 172 valence electrons. The highest BCUT2D eigenvalue weighted by atomic mass is 28.3. The number of hydrogen-bond donors (Lipinski definition) is 0. The maximum absolute atomic E-state index is 13.4. The first-order valence-corrected chi connectivity index (χ1v) is 13.9. The van der Waals surface area contributed by atoms with Crippen LogP contribution in [0.2, 0.25) is 10.6 Å². The predicted molar refractivity (Wildman–Crippen MR) is 137 cm³/mol. The molecular formula is C29H34O3Si. The molecule has 33 heavy (non-hydrogen) atoms. The molecule has 0 unspecified atom stereocenters. The second kappa shape index (κ2) is 9.28. The minimum atomic E-state index is -2.44. The first-order valence-electron chi connectivity index (χ1n) is 11.8. The van der Waals surface area contributed by atoms with Gasteiger partial charge in [0.05, 0.1) is 6.61 Å². The Morgan fingerprint density at radius 1 is 0.909 bits per heavy atom. The third-order valence-electron chi connectivity index (χ3n) is 7.16. The van der Waals surface area contributed by atoms with Crippen molar-refractivity contribution in [3.05, 3.63) is 96.6 Å². The van der Waals surface area contributed by atoms with Crippen molar-refractivity contribution in [1.29, 1.82) is 0 Å². The third-order valence-corrected chi connectivity index (χ3v) is 13.6. The molecule has 1 saturated heterocycles. The summed E-state index contributed by atoms with van der Waals surface area (Å²) in [7, 11) is -2.44. The molecule has 0 aromatic heterocycles. The molecule has 0 amide bonds. The third kappa shape index (κ3) is 3.96. The fraction of sp³-hybridized carbons (Fsp3) is 0.345. The topological polar surface area (TPSA) is 35.5 Å². The molecule has 0 N–H and O–H groups in total. The quantitative estimate of drug-likeness (QED) is 0.371. The Balaban J connectivity index is 1.92. The highest BCUT2D eigenvalue weighted by Gasteiger charge is 2.60. The van der Waals surface area contributed by atoms with E-state index in [1.165, 1.54) is 10.4 Å². The van der Waals surface area contributed by atoms with Gasteiger partial charge in [-0.25, -0.2) is 4.79 Å². The van der Waals surface area contributed by atoms with E-state index in [1.54, 1.807) is 0 Å². The zero-order chi connectivity index (χ0) is 23.5. The van der Waals surface area contributed by atoms with Crippen LogP contribution in [-0.4, -0.2) is 27.3 Å². The maximum atomic E-state index is 13.4. The van der Waals surface area contributed by atoms with Crippen molar-refractivity contribution >= 4 is 24.4 Å². The van der Waals surface area contributed by atoms with Gasteiger partial charge in [0.2, 0.25) is 0 Å². The zero-order valence-electron chi connectivity index (χ0n) is 20.1. The summed E-state index contributed by atoms with van der Waals surface area (Å²) in [4.78, 5) is 13.4. The summed E-state index contributed by atoms with van der Waals surface area (Å²) >= 11 is 0. The smallest absolute Gasteiger partial charge is 0.343 e. The van der Waals surface area contributed by atoms with E-state index in [2.05, 4.69) is 81.4 Å². The Hall–Kier alpha value is -2.69. The summed E-state index contributed by atoms with van der Waals surface area (Å²) in [6.07, 6.45) is 0.614. The maximum Gasteiger partial charge on any atom is 0.343 e. The lowest BCUT2D eigenvalue weighted by atomic mass is 9.90. The van der Waals surface area contributed by atoms with Crippen molar-refractivity contribution in [3.63, 3.8) is 0 Å². The Labute approximate surface area is 198 Å². The van der Waals surface area contributed by atoms with E-state index in [9.17, 15) is 4.79 Å². The molecular weight excluding hydrogens is 424 g/mol. The SMILES string of the molecule is CCOC(=O)[C@@]1(c2ccccc2)C[C@@H]([Si](c2ccccc2)(c2ccccc2)C(C)(C)C)CO1. The summed E-state index contributed by atoms with van der Waals surface area (Å²) in [5.74, 6) is -0.281. The molecule has 4 heteroatoms. The highest BCUT2D eigenvalue weighted by Crippen LogP contribution is 2.53. The van der Waals surface area contributed by atoms with Crippen LogP contribution in [0.1, 0.15) is 39.7 Å². The number of esters is 1. The van der Waals surface area contributed by atoms with Gasteiger partial charge < -0.3 is 9.47 Å². The lowest BCUT2D eigenvalue weighted by Gasteiger charge is -2.48. The van der Waals surface area contributed by atoms with Crippen molar-refractivity contribution in [2.75, 3.05) is 13.2 Å². The Morgan fingerprint density at radius 2 is 1.39 bits per heavy atom. The Kier molecular flexibility index (Phi) is 6.60. The van der Waals surface area contributed by atoms with Crippen molar-refractivity contribution in [2.45, 2.75) is 50.3 Å². The van der Waals surface area contributed by atoms with E-state index in [1.807, 2.05) is 37.3 Å². The minimum absolute atomic E-state index is 0.00877. The van der Waals surface area contributed by atoms with Crippen molar-refractivity contribution < 1.29 is 14.3 Å². The van der Waals surface area contributed by atoms with E-state index in [0.29, 0.717) is 19.6 Å². The normalized spacial score (nSPS) is 21.0. The molecule has 1 aliphatic heterocycles. The molecule has 3 aromatic carbocycles. The van der Waals surface area contributed by atoms with Crippen LogP contribution in [0.5, 0.6) is 0 Å². The summed E-state index contributed by atoms with van der Waals surface area (Å²) < 4.78 is 12.2. The van der Waals surface area contributed by atoms with E-state index < -0.39 is 13.7 Å². The van der Waals surface area contributed by atoms with Crippen LogP contribution in [0, 0.1) is 0 Å². The number of benzene rings is 3. The van der Waals surface area contributed by atoms with Gasteiger partial charge in [-0.2, -0.15) is 0 Å². The first kappa shape index (κ1) is 23.5. The van der Waals surface area contributed by atoms with Crippen LogP contribution in [0.15, 0.2) is 91.0 Å². The van der Waals surface area contributed by atoms with Crippen LogP contribution in [0.25, 0.3) is 0 Å². The van der Waals surface area contributed by atoms with E-state index in [4.69, 9.17) is 9.47 Å². The van der Waals surface area contributed by atoms with Gasteiger partial charge in [0.15, 0.2) is 5.60 Å². The molecule has 3 aromatic rings. The van der Waals surface area contributed by atoms with Crippen LogP contribution < -0.4 is 10.4 Å². The van der Waals surface area contributed by atoms with Gasteiger partial charge in [0, 0.05) is 6.61 Å². The number of carbonyl (C=O) groups is 1. The fourth-order valence-electron chi connectivity index (χ4n) is 5.92. The zero-order valence-corrected chi connectivity index (χ0v) is 21.1. The molecule has 0 aliphatic carbocycles. The molecule has 2 atom stereocenters. The number of hydrogen-bond acceptors (Lipinski definition) is 3. The molecule has 0 radical (unpaired) electrons. The van der Waals surface area contributed by atoms with E-state index in [0.717, 1.165) is 5.56 Å². The van der Waals surface area contributed by atoms with Crippen molar-refractivity contribution in [2.24, 2.45) is 0 Å². The average molecular weight is 459 g/mol. The summed E-state index contributed by atoms with van der Waals surface area (Å²) in [5, 5.41) is 2.75. The molecule has 1 fully saturated rings. The van der Waals surface area contributed by atoms with Gasteiger partial charge in [-0.15, -0.1) is 0 Å². The number of ether oxygens (including phenoxy) is 2. The summed E-state index contributed by atoms with van der Waals surface area (Å²) in [6.45, 7) is 9.77. The van der Waals surface area contributed by atoms with Crippen molar-refractivity contribution in [1.82, 2.24) is 0 Å². The summed E-state index contributed by atoms with van der Waals surface area (Å²) in [5.41, 5.74) is 0.00503. The van der Waals surface area contributed by atoms with Crippen LogP contribution in [0.4, 0.5) is 0 Å². The van der Waals surface area contributed by atoms with E-state index >= 15 is 0 Å². The fourth-order valence-corrected chi connectivity index (χ4v) is 12.5. The largest absolute Gasteiger partial charge is 0.464 e. The van der Waals surface area contributed by atoms with Crippen LogP contribution in [0.3, 0.4) is 0 Å². The molecule has 3 nitrogen and oxygen atoms in total. The molecule has 4 rings (SSSR count). The highest BCUT2D eigenvalue weighted by molar-refractivity contribution is 7.05. The molecule has 0 saturated carbocycles.